The zero-order chi connectivity index (χ0) is 15.5. The number of hydrogen-bond acceptors (Lipinski definition) is 4. The Labute approximate surface area is 125 Å². The van der Waals surface area contributed by atoms with Crippen LogP contribution in [0.2, 0.25) is 0 Å². The zero-order valence-electron chi connectivity index (χ0n) is 12.9. The molecule has 1 spiro atoms. The van der Waals surface area contributed by atoms with E-state index >= 15 is 0 Å². The number of carbonyl (C=O) groups excluding carboxylic acids is 1. The van der Waals surface area contributed by atoms with Crippen LogP contribution in [0, 0.1) is 5.41 Å². The Hall–Kier alpha value is -1.14. The number of carboxylic acid groups (broad SMARTS) is 1. The van der Waals surface area contributed by atoms with Crippen LogP contribution in [-0.2, 0) is 19.1 Å². The molecular formula is C15H25NO5. The van der Waals surface area contributed by atoms with E-state index in [1.165, 1.54) is 0 Å². The molecule has 1 amide bonds. The predicted molar refractivity (Wildman–Crippen MR) is 75.7 cm³/mol. The molecule has 6 heteroatoms. The molecule has 2 heterocycles. The summed E-state index contributed by atoms with van der Waals surface area (Å²) in [4.78, 5) is 25.8. The number of likely N-dealkylation sites (tertiary alicyclic amines) is 1. The molecule has 0 atom stereocenters. The molecule has 2 aliphatic rings. The number of rotatable bonds is 5. The van der Waals surface area contributed by atoms with E-state index < -0.39 is 17.2 Å². The summed E-state index contributed by atoms with van der Waals surface area (Å²) in [6.45, 7) is 5.83. The van der Waals surface area contributed by atoms with Crippen molar-refractivity contribution in [2.45, 2.75) is 51.7 Å². The molecule has 0 unspecified atom stereocenters. The van der Waals surface area contributed by atoms with Crippen molar-refractivity contribution in [2.24, 2.45) is 5.41 Å². The van der Waals surface area contributed by atoms with Gasteiger partial charge in [-0.25, -0.2) is 0 Å². The monoisotopic (exact) mass is 299 g/mol. The second-order valence-electron chi connectivity index (χ2n) is 6.00. The standard InChI is InChI=1S/C15H25NO5/c1-3-14(4-2,13(18)19)10-12(17)16-7-5-6-15(11-16)20-8-9-21-15/h3-11H2,1-2H3,(H,18,19). The predicted octanol–water partition coefficient (Wildman–Crippen LogP) is 1.63. The number of aliphatic carboxylic acids is 1. The number of hydrogen-bond donors (Lipinski definition) is 1. The maximum atomic E-state index is 12.5. The van der Waals surface area contributed by atoms with Crippen LogP contribution in [0.3, 0.4) is 0 Å². The van der Waals surface area contributed by atoms with Crippen LogP contribution < -0.4 is 0 Å². The Morgan fingerprint density at radius 2 is 1.86 bits per heavy atom. The van der Waals surface area contributed by atoms with Gasteiger partial charge in [-0.3, -0.25) is 9.59 Å². The smallest absolute Gasteiger partial charge is 0.310 e. The molecule has 2 fully saturated rings. The summed E-state index contributed by atoms with van der Waals surface area (Å²) >= 11 is 0. The van der Waals surface area contributed by atoms with Crippen LogP contribution in [0.4, 0.5) is 0 Å². The van der Waals surface area contributed by atoms with E-state index in [2.05, 4.69) is 0 Å². The Morgan fingerprint density at radius 1 is 1.24 bits per heavy atom. The first-order valence-corrected chi connectivity index (χ1v) is 7.76. The highest BCUT2D eigenvalue weighted by atomic mass is 16.7. The van der Waals surface area contributed by atoms with Gasteiger partial charge in [0.05, 0.1) is 25.2 Å². The summed E-state index contributed by atoms with van der Waals surface area (Å²) in [5, 5.41) is 9.46. The van der Waals surface area contributed by atoms with Gasteiger partial charge >= 0.3 is 5.97 Å². The summed E-state index contributed by atoms with van der Waals surface area (Å²) in [6.07, 6.45) is 2.57. The third-order valence-electron chi connectivity index (χ3n) is 4.88. The molecule has 0 saturated carbocycles. The van der Waals surface area contributed by atoms with Crippen LogP contribution >= 0.6 is 0 Å². The normalized spacial score (nSPS) is 21.7. The van der Waals surface area contributed by atoms with Gasteiger partial charge in [0.1, 0.15) is 0 Å². The van der Waals surface area contributed by atoms with Gasteiger partial charge in [-0.15, -0.1) is 0 Å². The Morgan fingerprint density at radius 3 is 2.38 bits per heavy atom. The fourth-order valence-electron chi connectivity index (χ4n) is 3.21. The summed E-state index contributed by atoms with van der Waals surface area (Å²) in [6, 6.07) is 0. The number of carboxylic acids is 1. The van der Waals surface area contributed by atoms with E-state index in [-0.39, 0.29) is 12.3 Å². The minimum absolute atomic E-state index is 0.0470. The lowest BCUT2D eigenvalue weighted by molar-refractivity contribution is -0.194. The summed E-state index contributed by atoms with van der Waals surface area (Å²) < 4.78 is 11.3. The van der Waals surface area contributed by atoms with Crippen molar-refractivity contribution in [3.63, 3.8) is 0 Å². The average molecular weight is 299 g/mol. The number of nitrogens with zero attached hydrogens (tertiary/aromatic N) is 1. The highest BCUT2D eigenvalue weighted by Crippen LogP contribution is 2.34. The van der Waals surface area contributed by atoms with Gasteiger partial charge in [-0.2, -0.15) is 0 Å². The van der Waals surface area contributed by atoms with Gasteiger partial charge in [-0.05, 0) is 19.3 Å². The number of ether oxygens (including phenoxy) is 2. The van der Waals surface area contributed by atoms with Gasteiger partial charge in [-0.1, -0.05) is 13.8 Å². The van der Waals surface area contributed by atoms with Crippen molar-refractivity contribution in [1.82, 2.24) is 4.90 Å². The van der Waals surface area contributed by atoms with Crippen LogP contribution in [0.1, 0.15) is 46.0 Å². The van der Waals surface area contributed by atoms with Crippen molar-refractivity contribution < 1.29 is 24.2 Å². The first kappa shape index (κ1) is 16.2. The van der Waals surface area contributed by atoms with E-state index in [0.717, 1.165) is 12.8 Å². The van der Waals surface area contributed by atoms with Crippen molar-refractivity contribution in [3.05, 3.63) is 0 Å². The van der Waals surface area contributed by atoms with E-state index in [1.54, 1.807) is 4.90 Å². The molecule has 2 aliphatic heterocycles. The maximum Gasteiger partial charge on any atom is 0.310 e. The molecule has 2 rings (SSSR count). The van der Waals surface area contributed by atoms with Crippen molar-refractivity contribution in [3.8, 4) is 0 Å². The van der Waals surface area contributed by atoms with Gasteiger partial charge in [0, 0.05) is 19.4 Å². The topological polar surface area (TPSA) is 76.1 Å². The Kier molecular flexibility index (Phi) is 4.88. The average Bonchev–Trinajstić information content (AvgIpc) is 2.92. The van der Waals surface area contributed by atoms with E-state index in [9.17, 15) is 14.7 Å². The Bertz CT molecular complexity index is 399. The maximum absolute atomic E-state index is 12.5. The lowest BCUT2D eigenvalue weighted by Gasteiger charge is -2.39. The van der Waals surface area contributed by atoms with Gasteiger partial charge < -0.3 is 19.5 Å². The van der Waals surface area contributed by atoms with E-state index in [1.807, 2.05) is 13.8 Å². The number of piperidine rings is 1. The second kappa shape index (κ2) is 6.32. The summed E-state index contributed by atoms with van der Waals surface area (Å²) in [5.74, 6) is -1.65. The molecule has 1 N–H and O–H groups in total. The summed E-state index contributed by atoms with van der Waals surface area (Å²) in [5.41, 5.74) is -0.959. The number of amides is 1. The van der Waals surface area contributed by atoms with Gasteiger partial charge in [0.15, 0.2) is 5.79 Å². The molecule has 0 aromatic heterocycles. The fraction of sp³-hybridized carbons (Fsp3) is 0.867. The molecule has 0 aromatic rings. The van der Waals surface area contributed by atoms with Crippen LogP contribution in [0.5, 0.6) is 0 Å². The molecule has 6 nitrogen and oxygen atoms in total. The van der Waals surface area contributed by atoms with E-state index in [4.69, 9.17) is 9.47 Å². The third kappa shape index (κ3) is 3.21. The molecule has 0 aliphatic carbocycles. The molecule has 21 heavy (non-hydrogen) atoms. The SMILES string of the molecule is CCC(CC)(CC(=O)N1CCCC2(C1)OCCO2)C(=O)O. The molecular weight excluding hydrogens is 274 g/mol. The van der Waals surface area contributed by atoms with Crippen LogP contribution in [0.15, 0.2) is 0 Å². The molecule has 0 aromatic carbocycles. The Balaban J connectivity index is 2.03. The van der Waals surface area contributed by atoms with E-state index in [0.29, 0.717) is 39.1 Å². The first-order chi connectivity index (χ1) is 9.97. The van der Waals surface area contributed by atoms with Crippen LogP contribution in [-0.4, -0.2) is 54.0 Å². The molecule has 120 valence electrons. The van der Waals surface area contributed by atoms with Crippen molar-refractivity contribution >= 4 is 11.9 Å². The zero-order valence-corrected chi connectivity index (χ0v) is 12.9. The fourth-order valence-corrected chi connectivity index (χ4v) is 3.21. The highest BCUT2D eigenvalue weighted by Gasteiger charge is 2.44. The molecule has 0 bridgehead atoms. The highest BCUT2D eigenvalue weighted by molar-refractivity contribution is 5.85. The van der Waals surface area contributed by atoms with Gasteiger partial charge in [0.2, 0.25) is 5.91 Å². The molecule has 0 radical (unpaired) electrons. The number of carbonyl (C=O) groups is 2. The largest absolute Gasteiger partial charge is 0.481 e. The summed E-state index contributed by atoms with van der Waals surface area (Å²) in [7, 11) is 0. The van der Waals surface area contributed by atoms with Crippen LogP contribution in [0.25, 0.3) is 0 Å². The lowest BCUT2D eigenvalue weighted by Crippen LogP contribution is -2.52. The second-order valence-corrected chi connectivity index (χ2v) is 6.00. The quantitative estimate of drug-likeness (QED) is 0.835. The van der Waals surface area contributed by atoms with Crippen molar-refractivity contribution in [1.29, 1.82) is 0 Å². The third-order valence-corrected chi connectivity index (χ3v) is 4.88. The molecule has 2 saturated heterocycles. The minimum Gasteiger partial charge on any atom is -0.481 e. The lowest BCUT2D eigenvalue weighted by atomic mass is 9.78. The minimum atomic E-state index is -0.959. The first-order valence-electron chi connectivity index (χ1n) is 7.76. The van der Waals surface area contributed by atoms with Gasteiger partial charge in [0.25, 0.3) is 0 Å². The van der Waals surface area contributed by atoms with Crippen molar-refractivity contribution in [2.75, 3.05) is 26.3 Å².